The zero-order chi connectivity index (χ0) is 15.1. The third-order valence-corrected chi connectivity index (χ3v) is 3.76. The number of nitrogens with one attached hydrogen (secondary N) is 1. The highest BCUT2D eigenvalue weighted by Gasteiger charge is 2.36. The highest BCUT2D eigenvalue weighted by molar-refractivity contribution is 5.85. The topological polar surface area (TPSA) is 51.0 Å². The lowest BCUT2D eigenvalue weighted by atomic mass is 9.90. The molecule has 1 aliphatic rings. The number of hydrogen-bond donors (Lipinski definition) is 1. The van der Waals surface area contributed by atoms with E-state index in [0.717, 1.165) is 31.6 Å². The summed E-state index contributed by atoms with van der Waals surface area (Å²) in [6.07, 6.45) is -3.53. The SMILES string of the molecule is CC1(c2nc(-c3cccc(C(F)(F)F)c3)no2)CCNC1.Cl. The number of aromatic nitrogens is 2. The maximum atomic E-state index is 12.7. The fourth-order valence-corrected chi connectivity index (χ4v) is 2.42. The molecule has 1 atom stereocenters. The summed E-state index contributed by atoms with van der Waals surface area (Å²) < 4.78 is 43.4. The van der Waals surface area contributed by atoms with Gasteiger partial charge in [0.25, 0.3) is 0 Å². The predicted octanol–water partition coefficient (Wildman–Crippen LogP) is 3.43. The number of benzene rings is 1. The van der Waals surface area contributed by atoms with Gasteiger partial charge in [-0.2, -0.15) is 18.2 Å². The van der Waals surface area contributed by atoms with Gasteiger partial charge >= 0.3 is 6.18 Å². The molecule has 1 N–H and O–H groups in total. The number of halogens is 4. The lowest BCUT2D eigenvalue weighted by molar-refractivity contribution is -0.137. The van der Waals surface area contributed by atoms with Crippen LogP contribution >= 0.6 is 12.4 Å². The Morgan fingerprint density at radius 2 is 2.09 bits per heavy atom. The Morgan fingerprint density at radius 1 is 1.32 bits per heavy atom. The van der Waals surface area contributed by atoms with Gasteiger partial charge in [-0.15, -0.1) is 12.4 Å². The van der Waals surface area contributed by atoms with Crippen molar-refractivity contribution in [3.05, 3.63) is 35.7 Å². The van der Waals surface area contributed by atoms with Crippen LogP contribution in [0, 0.1) is 0 Å². The number of hydrogen-bond acceptors (Lipinski definition) is 4. The van der Waals surface area contributed by atoms with Gasteiger partial charge in [-0.05, 0) is 32.0 Å². The van der Waals surface area contributed by atoms with E-state index in [4.69, 9.17) is 4.52 Å². The van der Waals surface area contributed by atoms with Crippen molar-refractivity contribution in [2.45, 2.75) is 24.9 Å². The number of rotatable bonds is 2. The molecule has 0 spiro atoms. The second-order valence-corrected chi connectivity index (χ2v) is 5.49. The first-order valence-corrected chi connectivity index (χ1v) is 6.61. The van der Waals surface area contributed by atoms with E-state index >= 15 is 0 Å². The molecule has 0 amide bonds. The summed E-state index contributed by atoms with van der Waals surface area (Å²) in [7, 11) is 0. The van der Waals surface area contributed by atoms with Crippen LogP contribution in [0.1, 0.15) is 24.8 Å². The zero-order valence-electron chi connectivity index (χ0n) is 11.8. The van der Waals surface area contributed by atoms with E-state index in [1.165, 1.54) is 6.07 Å². The molecule has 2 aromatic rings. The van der Waals surface area contributed by atoms with Crippen LogP contribution in [-0.2, 0) is 11.6 Å². The Hall–Kier alpha value is -1.60. The van der Waals surface area contributed by atoms with E-state index in [1.54, 1.807) is 6.07 Å². The Balaban J connectivity index is 0.00000176. The molecule has 2 heterocycles. The minimum absolute atomic E-state index is 0. The van der Waals surface area contributed by atoms with Gasteiger partial charge in [0.1, 0.15) is 0 Å². The van der Waals surface area contributed by atoms with Gasteiger partial charge < -0.3 is 9.84 Å². The van der Waals surface area contributed by atoms with Crippen molar-refractivity contribution in [2.24, 2.45) is 0 Å². The van der Waals surface area contributed by atoms with Crippen LogP contribution in [0.25, 0.3) is 11.4 Å². The van der Waals surface area contributed by atoms with Crippen molar-refractivity contribution in [3.8, 4) is 11.4 Å². The summed E-state index contributed by atoms with van der Waals surface area (Å²) in [5.41, 5.74) is -0.679. The average molecular weight is 334 g/mol. The molecule has 0 radical (unpaired) electrons. The van der Waals surface area contributed by atoms with Crippen LogP contribution in [0.4, 0.5) is 13.2 Å². The maximum absolute atomic E-state index is 12.7. The molecule has 22 heavy (non-hydrogen) atoms. The van der Waals surface area contributed by atoms with Crippen molar-refractivity contribution in [3.63, 3.8) is 0 Å². The van der Waals surface area contributed by atoms with Crippen molar-refractivity contribution in [1.82, 2.24) is 15.5 Å². The molecular formula is C14H15ClF3N3O. The maximum Gasteiger partial charge on any atom is 0.416 e. The average Bonchev–Trinajstić information content (AvgIpc) is 3.07. The lowest BCUT2D eigenvalue weighted by Gasteiger charge is -2.15. The summed E-state index contributed by atoms with van der Waals surface area (Å²) in [4.78, 5) is 4.27. The van der Waals surface area contributed by atoms with Crippen molar-refractivity contribution in [2.75, 3.05) is 13.1 Å². The molecule has 120 valence electrons. The van der Waals surface area contributed by atoms with Crippen molar-refractivity contribution < 1.29 is 17.7 Å². The summed E-state index contributed by atoms with van der Waals surface area (Å²) >= 11 is 0. The number of alkyl halides is 3. The fraction of sp³-hybridized carbons (Fsp3) is 0.429. The van der Waals surface area contributed by atoms with Crippen LogP contribution < -0.4 is 5.32 Å². The van der Waals surface area contributed by atoms with Gasteiger partial charge in [0, 0.05) is 12.1 Å². The minimum Gasteiger partial charge on any atom is -0.338 e. The van der Waals surface area contributed by atoms with Crippen molar-refractivity contribution in [1.29, 1.82) is 0 Å². The molecule has 1 aliphatic heterocycles. The molecule has 4 nitrogen and oxygen atoms in total. The van der Waals surface area contributed by atoms with Gasteiger partial charge in [-0.1, -0.05) is 17.3 Å². The van der Waals surface area contributed by atoms with Crippen LogP contribution in [0.15, 0.2) is 28.8 Å². The predicted molar refractivity (Wildman–Crippen MR) is 76.8 cm³/mol. The van der Waals surface area contributed by atoms with E-state index in [1.807, 2.05) is 6.92 Å². The highest BCUT2D eigenvalue weighted by Crippen LogP contribution is 2.33. The summed E-state index contributed by atoms with van der Waals surface area (Å²) in [5.74, 6) is 0.643. The first-order valence-electron chi connectivity index (χ1n) is 6.61. The molecule has 8 heteroatoms. The van der Waals surface area contributed by atoms with Gasteiger partial charge in [0.2, 0.25) is 11.7 Å². The Labute approximate surface area is 131 Å². The Kier molecular flexibility index (Phi) is 4.49. The standard InChI is InChI=1S/C14H14F3N3O.ClH/c1-13(5-6-18-8-13)12-19-11(20-21-12)9-3-2-4-10(7-9)14(15,16)17;/h2-4,7,18H,5-6,8H2,1H3;1H. The quantitative estimate of drug-likeness (QED) is 0.915. The molecular weight excluding hydrogens is 319 g/mol. The minimum atomic E-state index is -4.38. The van der Waals surface area contributed by atoms with E-state index in [9.17, 15) is 13.2 Å². The largest absolute Gasteiger partial charge is 0.416 e. The van der Waals surface area contributed by atoms with E-state index in [2.05, 4.69) is 15.5 Å². The van der Waals surface area contributed by atoms with Crippen molar-refractivity contribution >= 4 is 12.4 Å². The monoisotopic (exact) mass is 333 g/mol. The van der Waals surface area contributed by atoms with Gasteiger partial charge in [-0.3, -0.25) is 0 Å². The second-order valence-electron chi connectivity index (χ2n) is 5.49. The Morgan fingerprint density at radius 3 is 2.73 bits per heavy atom. The first-order chi connectivity index (χ1) is 9.88. The van der Waals surface area contributed by atoms with Gasteiger partial charge in [0.05, 0.1) is 11.0 Å². The molecule has 1 aromatic heterocycles. The molecule has 0 bridgehead atoms. The van der Waals surface area contributed by atoms with Crippen LogP contribution in [-0.4, -0.2) is 23.2 Å². The van der Waals surface area contributed by atoms with Gasteiger partial charge in [0.15, 0.2) is 0 Å². The normalized spacial score (nSPS) is 21.6. The summed E-state index contributed by atoms with van der Waals surface area (Å²) in [6.45, 7) is 3.57. The highest BCUT2D eigenvalue weighted by atomic mass is 35.5. The number of nitrogens with zero attached hydrogens (tertiary/aromatic N) is 2. The van der Waals surface area contributed by atoms with E-state index < -0.39 is 11.7 Å². The smallest absolute Gasteiger partial charge is 0.338 e. The summed E-state index contributed by atoms with van der Waals surface area (Å²) in [6, 6.07) is 4.93. The van der Waals surface area contributed by atoms with E-state index in [-0.39, 0.29) is 23.6 Å². The van der Waals surface area contributed by atoms with Gasteiger partial charge in [-0.25, -0.2) is 0 Å². The van der Waals surface area contributed by atoms with Crippen LogP contribution in [0.2, 0.25) is 0 Å². The zero-order valence-corrected chi connectivity index (χ0v) is 12.6. The molecule has 0 saturated carbocycles. The molecule has 0 aliphatic carbocycles. The third-order valence-electron chi connectivity index (χ3n) is 3.76. The summed E-state index contributed by atoms with van der Waals surface area (Å²) in [5, 5.41) is 7.03. The molecule has 1 fully saturated rings. The molecule has 3 rings (SSSR count). The fourth-order valence-electron chi connectivity index (χ4n) is 2.42. The molecule has 1 saturated heterocycles. The molecule has 1 aromatic carbocycles. The van der Waals surface area contributed by atoms with Crippen LogP contribution in [0.5, 0.6) is 0 Å². The second kappa shape index (κ2) is 5.89. The Bertz CT molecular complexity index is 651. The molecule has 1 unspecified atom stereocenters. The first kappa shape index (κ1) is 16.8. The van der Waals surface area contributed by atoms with Crippen LogP contribution in [0.3, 0.4) is 0 Å². The van der Waals surface area contributed by atoms with E-state index in [0.29, 0.717) is 11.5 Å². The lowest BCUT2D eigenvalue weighted by Crippen LogP contribution is -2.25. The third kappa shape index (κ3) is 3.10.